The molecule has 0 spiro atoms. The molecular weight excluding hydrogens is 312 g/mol. The highest BCUT2D eigenvalue weighted by Gasteiger charge is 2.17. The molecule has 0 saturated heterocycles. The van der Waals surface area contributed by atoms with Gasteiger partial charge in [0.1, 0.15) is 5.56 Å². The second kappa shape index (κ2) is 9.21. The highest BCUT2D eigenvalue weighted by atomic mass is 16.2. The number of aryl methyl sites for hydroxylation is 1. The molecule has 1 amide bonds. The minimum atomic E-state index is -0.301. The van der Waals surface area contributed by atoms with Crippen LogP contribution in [0.15, 0.2) is 41.2 Å². The molecule has 0 radical (unpaired) electrons. The second-order valence-corrected chi connectivity index (χ2v) is 6.42. The lowest BCUT2D eigenvalue weighted by molar-refractivity contribution is 0.0948. The SMILES string of the molecule is CCCCn1c(CCC)c(C)cc(C(=O)NCc2ccccc2)c1=O. The molecule has 0 atom stereocenters. The highest BCUT2D eigenvalue weighted by Crippen LogP contribution is 2.12. The van der Waals surface area contributed by atoms with Crippen molar-refractivity contribution >= 4 is 5.91 Å². The molecule has 4 nitrogen and oxygen atoms in total. The fourth-order valence-electron chi connectivity index (χ4n) is 3.00. The first-order chi connectivity index (χ1) is 12.1. The maximum Gasteiger partial charge on any atom is 0.263 e. The average molecular weight is 340 g/mol. The van der Waals surface area contributed by atoms with Gasteiger partial charge in [-0.05, 0) is 37.0 Å². The Morgan fingerprint density at radius 1 is 1.12 bits per heavy atom. The molecule has 0 aliphatic carbocycles. The molecule has 1 aromatic heterocycles. The number of unbranched alkanes of at least 4 members (excludes halogenated alkanes) is 1. The average Bonchev–Trinajstić information content (AvgIpc) is 2.63. The van der Waals surface area contributed by atoms with Crippen LogP contribution >= 0.6 is 0 Å². The van der Waals surface area contributed by atoms with Crippen LogP contribution in [0.3, 0.4) is 0 Å². The number of nitrogens with zero attached hydrogens (tertiary/aromatic N) is 1. The van der Waals surface area contributed by atoms with Crippen molar-refractivity contribution in [3.63, 3.8) is 0 Å². The predicted octanol–water partition coefficient (Wildman–Crippen LogP) is 3.84. The molecule has 1 aromatic carbocycles. The van der Waals surface area contributed by atoms with Crippen LogP contribution in [0.1, 0.15) is 60.3 Å². The van der Waals surface area contributed by atoms with E-state index in [1.54, 1.807) is 10.6 Å². The normalized spacial score (nSPS) is 10.7. The summed E-state index contributed by atoms with van der Waals surface area (Å²) in [6.07, 6.45) is 3.79. The van der Waals surface area contributed by atoms with E-state index in [9.17, 15) is 9.59 Å². The molecular formula is C21H28N2O2. The molecule has 2 rings (SSSR count). The summed E-state index contributed by atoms with van der Waals surface area (Å²) in [6, 6.07) is 11.5. The van der Waals surface area contributed by atoms with Crippen molar-refractivity contribution in [2.45, 2.75) is 59.5 Å². The van der Waals surface area contributed by atoms with Gasteiger partial charge in [-0.2, -0.15) is 0 Å². The number of amides is 1. The summed E-state index contributed by atoms with van der Waals surface area (Å²) in [5.41, 5.74) is 3.15. The molecule has 1 N–H and O–H groups in total. The van der Waals surface area contributed by atoms with Crippen LogP contribution in [0.5, 0.6) is 0 Å². The van der Waals surface area contributed by atoms with Crippen molar-refractivity contribution in [1.29, 1.82) is 0 Å². The molecule has 4 heteroatoms. The molecule has 2 aromatic rings. The molecule has 1 heterocycles. The number of nitrogens with one attached hydrogen (secondary N) is 1. The van der Waals surface area contributed by atoms with E-state index in [0.717, 1.165) is 42.5 Å². The van der Waals surface area contributed by atoms with Crippen molar-refractivity contribution in [3.8, 4) is 0 Å². The van der Waals surface area contributed by atoms with Gasteiger partial charge in [0.2, 0.25) is 0 Å². The lowest BCUT2D eigenvalue weighted by Crippen LogP contribution is -2.35. The molecule has 0 aliphatic heterocycles. The quantitative estimate of drug-likeness (QED) is 0.794. The fourth-order valence-corrected chi connectivity index (χ4v) is 3.00. The van der Waals surface area contributed by atoms with Gasteiger partial charge in [-0.25, -0.2) is 0 Å². The maximum absolute atomic E-state index is 12.9. The largest absolute Gasteiger partial charge is 0.348 e. The van der Waals surface area contributed by atoms with Crippen molar-refractivity contribution in [3.05, 3.63) is 69.1 Å². The minimum Gasteiger partial charge on any atom is -0.348 e. The third-order valence-corrected chi connectivity index (χ3v) is 4.38. The molecule has 0 unspecified atom stereocenters. The van der Waals surface area contributed by atoms with E-state index in [2.05, 4.69) is 19.2 Å². The van der Waals surface area contributed by atoms with Crippen LogP contribution in [0.4, 0.5) is 0 Å². The van der Waals surface area contributed by atoms with Gasteiger partial charge in [-0.3, -0.25) is 9.59 Å². The monoisotopic (exact) mass is 340 g/mol. The van der Waals surface area contributed by atoms with E-state index in [-0.39, 0.29) is 17.0 Å². The molecule has 0 aliphatic rings. The lowest BCUT2D eigenvalue weighted by Gasteiger charge is -2.17. The Morgan fingerprint density at radius 2 is 1.84 bits per heavy atom. The number of hydrogen-bond donors (Lipinski definition) is 1. The van der Waals surface area contributed by atoms with Gasteiger partial charge in [0.25, 0.3) is 11.5 Å². The van der Waals surface area contributed by atoms with Gasteiger partial charge >= 0.3 is 0 Å². The number of hydrogen-bond acceptors (Lipinski definition) is 2. The second-order valence-electron chi connectivity index (χ2n) is 6.42. The number of carbonyl (C=O) groups is 1. The number of benzene rings is 1. The van der Waals surface area contributed by atoms with Gasteiger partial charge < -0.3 is 9.88 Å². The van der Waals surface area contributed by atoms with E-state index in [0.29, 0.717) is 13.1 Å². The Bertz CT molecular complexity index is 763. The van der Waals surface area contributed by atoms with Crippen LogP contribution < -0.4 is 10.9 Å². The maximum atomic E-state index is 12.9. The zero-order valence-corrected chi connectivity index (χ0v) is 15.5. The Balaban J connectivity index is 2.28. The van der Waals surface area contributed by atoms with Crippen molar-refractivity contribution < 1.29 is 4.79 Å². The summed E-state index contributed by atoms with van der Waals surface area (Å²) in [7, 11) is 0. The Kier molecular flexibility index (Phi) is 6.99. The van der Waals surface area contributed by atoms with E-state index >= 15 is 0 Å². The first kappa shape index (κ1) is 19.0. The summed E-state index contributed by atoms with van der Waals surface area (Å²) in [6.45, 7) is 7.29. The van der Waals surface area contributed by atoms with Crippen LogP contribution in [0.25, 0.3) is 0 Å². The van der Waals surface area contributed by atoms with Crippen LogP contribution in [-0.4, -0.2) is 10.5 Å². The van der Waals surface area contributed by atoms with Crippen LogP contribution in [0, 0.1) is 6.92 Å². The van der Waals surface area contributed by atoms with Crippen LogP contribution in [-0.2, 0) is 19.5 Å². The Morgan fingerprint density at radius 3 is 2.48 bits per heavy atom. The third kappa shape index (κ3) is 4.81. The fraction of sp³-hybridized carbons (Fsp3) is 0.429. The van der Waals surface area contributed by atoms with Crippen molar-refractivity contribution in [2.75, 3.05) is 0 Å². The standard InChI is InChI=1S/C21H28N2O2/c1-4-6-13-23-19(10-5-2)16(3)14-18(21(23)25)20(24)22-15-17-11-8-7-9-12-17/h7-9,11-12,14H,4-6,10,13,15H2,1-3H3,(H,22,24). The van der Waals surface area contributed by atoms with Crippen molar-refractivity contribution in [2.24, 2.45) is 0 Å². The first-order valence-corrected chi connectivity index (χ1v) is 9.13. The van der Waals surface area contributed by atoms with Gasteiger partial charge in [0.05, 0.1) is 0 Å². The topological polar surface area (TPSA) is 51.1 Å². The van der Waals surface area contributed by atoms with E-state index in [1.807, 2.05) is 37.3 Å². The number of aromatic nitrogens is 1. The smallest absolute Gasteiger partial charge is 0.263 e. The summed E-state index contributed by atoms with van der Waals surface area (Å²) >= 11 is 0. The van der Waals surface area contributed by atoms with Gasteiger partial charge in [-0.1, -0.05) is 57.0 Å². The van der Waals surface area contributed by atoms with E-state index in [4.69, 9.17) is 0 Å². The molecule has 25 heavy (non-hydrogen) atoms. The molecule has 0 saturated carbocycles. The minimum absolute atomic E-state index is 0.173. The van der Waals surface area contributed by atoms with Gasteiger partial charge in [0.15, 0.2) is 0 Å². The number of rotatable bonds is 8. The van der Waals surface area contributed by atoms with Crippen molar-refractivity contribution in [1.82, 2.24) is 9.88 Å². The van der Waals surface area contributed by atoms with E-state index in [1.165, 1.54) is 0 Å². The highest BCUT2D eigenvalue weighted by molar-refractivity contribution is 5.94. The number of carbonyl (C=O) groups excluding carboxylic acids is 1. The molecule has 134 valence electrons. The van der Waals surface area contributed by atoms with Gasteiger partial charge in [-0.15, -0.1) is 0 Å². The first-order valence-electron chi connectivity index (χ1n) is 9.13. The Hall–Kier alpha value is -2.36. The summed E-state index contributed by atoms with van der Waals surface area (Å²) in [5, 5.41) is 2.87. The summed E-state index contributed by atoms with van der Waals surface area (Å²) < 4.78 is 1.81. The molecule has 0 bridgehead atoms. The van der Waals surface area contributed by atoms with Crippen LogP contribution in [0.2, 0.25) is 0 Å². The molecule has 0 fully saturated rings. The van der Waals surface area contributed by atoms with Gasteiger partial charge in [0, 0.05) is 18.8 Å². The summed E-state index contributed by atoms with van der Waals surface area (Å²) in [4.78, 5) is 25.4. The number of pyridine rings is 1. The Labute approximate surface area is 149 Å². The lowest BCUT2D eigenvalue weighted by atomic mass is 10.1. The summed E-state index contributed by atoms with van der Waals surface area (Å²) in [5.74, 6) is -0.301. The third-order valence-electron chi connectivity index (χ3n) is 4.38. The zero-order chi connectivity index (χ0) is 18.2. The van der Waals surface area contributed by atoms with E-state index < -0.39 is 0 Å². The zero-order valence-electron chi connectivity index (χ0n) is 15.5. The predicted molar refractivity (Wildman–Crippen MR) is 102 cm³/mol.